The van der Waals surface area contributed by atoms with Gasteiger partial charge in [0.15, 0.2) is 0 Å². The average Bonchev–Trinajstić information content (AvgIpc) is 4.05. The van der Waals surface area contributed by atoms with Gasteiger partial charge < -0.3 is 8.98 Å². The predicted octanol–water partition coefficient (Wildman–Crippen LogP) is 18.9. The molecule has 0 aliphatic rings. The van der Waals surface area contributed by atoms with E-state index < -0.39 is 0 Å². The van der Waals surface area contributed by atoms with Crippen molar-refractivity contribution >= 4 is 33.0 Å². The van der Waals surface area contributed by atoms with Crippen molar-refractivity contribution in [3.05, 3.63) is 210 Å². The van der Waals surface area contributed by atoms with Crippen LogP contribution in [-0.2, 0) is 36.4 Å². The van der Waals surface area contributed by atoms with Gasteiger partial charge in [-0.1, -0.05) is 174 Å². The molecule has 0 aliphatic heterocycles. The third-order valence-electron chi connectivity index (χ3n) is 14.4. The van der Waals surface area contributed by atoms with Crippen LogP contribution in [0, 0.1) is 12.1 Å². The van der Waals surface area contributed by atoms with E-state index in [1.165, 1.54) is 50.2 Å². The largest absolute Gasteiger partial charge is 0.500 e. The summed E-state index contributed by atoms with van der Waals surface area (Å²) >= 11 is 0. The van der Waals surface area contributed by atoms with Crippen LogP contribution >= 0.6 is 0 Å². The molecule has 391 valence electrons. The van der Waals surface area contributed by atoms with Gasteiger partial charge in [-0.2, -0.15) is 0 Å². The van der Waals surface area contributed by atoms with Crippen molar-refractivity contribution in [2.24, 2.45) is 0 Å². The number of benzene rings is 7. The van der Waals surface area contributed by atoms with Crippen LogP contribution in [0.25, 0.3) is 94.9 Å². The smallest absolute Gasteiger partial charge is 0.124 e. The molecule has 0 saturated carbocycles. The van der Waals surface area contributed by atoms with Gasteiger partial charge in [0.05, 0.1) is 34.0 Å². The maximum absolute atomic E-state index is 6.93. The number of aromatic nitrogens is 5. The van der Waals surface area contributed by atoms with E-state index in [0.717, 1.165) is 72.7 Å². The number of furan rings is 1. The third kappa shape index (κ3) is 11.3. The SMILES string of the molecule is CC(C)(C)c1ccnc(-c2[c-]cccc2)n1.CC(C)c1cc(-c2ccc(-c3ccccc3)cc2)cc(C(C)C)c1-n1c(-c2[c-]ccc3c2oc2cc(-c4cc(C(C)(C)C)cc(C(C)(C)C)c4)ncc23)nc2ccccc21.[Ir]. The molecule has 0 aliphatic carbocycles. The Balaban J connectivity index is 0.000000364. The summed E-state index contributed by atoms with van der Waals surface area (Å²) in [6.07, 6.45) is 3.78. The van der Waals surface area contributed by atoms with Crippen LogP contribution in [0.2, 0.25) is 0 Å². The molecule has 1 radical (unpaired) electrons. The van der Waals surface area contributed by atoms with E-state index >= 15 is 0 Å². The molecule has 6 nitrogen and oxygen atoms in total. The second-order valence-corrected chi connectivity index (χ2v) is 23.9. The molecule has 77 heavy (non-hydrogen) atoms. The number of rotatable bonds is 8. The van der Waals surface area contributed by atoms with Gasteiger partial charge in [-0.15, -0.1) is 54.1 Å². The minimum Gasteiger partial charge on any atom is -0.500 e. The van der Waals surface area contributed by atoms with E-state index in [1.807, 2.05) is 48.8 Å². The summed E-state index contributed by atoms with van der Waals surface area (Å²) in [7, 11) is 0. The fourth-order valence-corrected chi connectivity index (χ4v) is 9.93. The molecule has 11 aromatic rings. The average molecular weight is 1190 g/mol. The van der Waals surface area contributed by atoms with E-state index in [0.29, 0.717) is 0 Å². The topological polar surface area (TPSA) is 69.6 Å². The second kappa shape index (κ2) is 21.6. The fraction of sp³-hybridized carbons (Fsp3) is 0.257. The molecule has 0 bridgehead atoms. The van der Waals surface area contributed by atoms with Crippen LogP contribution in [0.4, 0.5) is 0 Å². The number of hydrogen-bond donors (Lipinski definition) is 0. The summed E-state index contributed by atoms with van der Waals surface area (Å²) in [6.45, 7) is 29.2. The van der Waals surface area contributed by atoms with Crippen molar-refractivity contribution < 1.29 is 24.5 Å². The Morgan fingerprint density at radius 2 is 1.13 bits per heavy atom. The van der Waals surface area contributed by atoms with Gasteiger partial charge >= 0.3 is 0 Å². The van der Waals surface area contributed by atoms with Crippen LogP contribution < -0.4 is 0 Å². The minimum absolute atomic E-state index is 0. The summed E-state index contributed by atoms with van der Waals surface area (Å²) in [5, 5.41) is 1.97. The molecule has 11 rings (SSSR count). The van der Waals surface area contributed by atoms with Crippen LogP contribution in [0.15, 0.2) is 175 Å². The maximum Gasteiger partial charge on any atom is 0.124 e. The molecule has 4 heterocycles. The molecule has 7 heteroatoms. The summed E-state index contributed by atoms with van der Waals surface area (Å²) in [5.74, 6) is 2.03. The molecular weight excluding hydrogens is 1120 g/mol. The fourth-order valence-electron chi connectivity index (χ4n) is 9.93. The Labute approximate surface area is 469 Å². The Morgan fingerprint density at radius 1 is 0.519 bits per heavy atom. The molecule has 7 aromatic carbocycles. The second-order valence-electron chi connectivity index (χ2n) is 23.9. The molecule has 0 atom stereocenters. The first kappa shape index (κ1) is 54.5. The summed E-state index contributed by atoms with van der Waals surface area (Å²) in [5.41, 5.74) is 19.5. The molecule has 0 spiro atoms. The summed E-state index contributed by atoms with van der Waals surface area (Å²) in [4.78, 5) is 19.3. The minimum atomic E-state index is -0.00496. The molecule has 0 fully saturated rings. The van der Waals surface area contributed by atoms with Crippen LogP contribution in [0.3, 0.4) is 0 Å². The van der Waals surface area contributed by atoms with Crippen molar-refractivity contribution in [2.45, 2.75) is 118 Å². The zero-order valence-electron chi connectivity index (χ0n) is 46.8. The normalized spacial score (nSPS) is 12.1. The number of nitrogens with zero attached hydrogens (tertiary/aromatic N) is 5. The van der Waals surface area contributed by atoms with Gasteiger partial charge in [0.1, 0.15) is 5.58 Å². The van der Waals surface area contributed by atoms with Crippen molar-refractivity contribution in [1.82, 2.24) is 24.5 Å². The molecule has 0 saturated heterocycles. The first-order chi connectivity index (χ1) is 36.2. The van der Waals surface area contributed by atoms with Crippen molar-refractivity contribution in [3.63, 3.8) is 0 Å². The molecule has 0 unspecified atom stereocenters. The van der Waals surface area contributed by atoms with Crippen molar-refractivity contribution in [3.8, 4) is 62.0 Å². The standard InChI is InChI=1S/C56H54N3O.C14H15N2.Ir/c1-34(2)45-29-39(38-25-23-37(24-26-38)36-17-12-11-13-18-36)30-46(35(3)4)52(45)59-50-22-15-14-21-48(50)58-54(59)44-20-16-19-43-47-33-57-49(32-51(47)60-53(43)44)40-27-41(55(5,6)7)31-42(28-40)56(8,9)10;1-14(2,3)12-9-10-15-13(16-12)11-7-5-4-6-8-11;/h11-19,21-35H,1-10H3;4-7,9-10H,1-3H3;/q2*-1;. The third-order valence-corrected chi connectivity index (χ3v) is 14.4. The molecular formula is C70H69IrN5O-2. The number of imidazole rings is 1. The Morgan fingerprint density at radius 3 is 1.74 bits per heavy atom. The Bertz CT molecular complexity index is 3800. The summed E-state index contributed by atoms with van der Waals surface area (Å²) in [6, 6.07) is 62.4. The maximum atomic E-state index is 6.93. The quantitative estimate of drug-likeness (QED) is 0.142. The van der Waals surface area contributed by atoms with E-state index in [9.17, 15) is 0 Å². The van der Waals surface area contributed by atoms with Crippen molar-refractivity contribution in [2.75, 3.05) is 0 Å². The Kier molecular flexibility index (Phi) is 15.3. The van der Waals surface area contributed by atoms with Gasteiger partial charge in [0.2, 0.25) is 0 Å². The Hall–Kier alpha value is -7.31. The number of hydrogen-bond acceptors (Lipinski definition) is 5. The van der Waals surface area contributed by atoms with E-state index in [-0.39, 0.29) is 48.2 Å². The van der Waals surface area contributed by atoms with Crippen LogP contribution in [0.1, 0.15) is 130 Å². The number of pyridine rings is 1. The van der Waals surface area contributed by atoms with Crippen molar-refractivity contribution in [1.29, 1.82) is 0 Å². The monoisotopic (exact) mass is 1190 g/mol. The summed E-state index contributed by atoms with van der Waals surface area (Å²) < 4.78 is 9.30. The van der Waals surface area contributed by atoms with Gasteiger partial charge in [0.25, 0.3) is 0 Å². The first-order valence-electron chi connectivity index (χ1n) is 26.7. The first-order valence-corrected chi connectivity index (χ1v) is 26.7. The van der Waals surface area contributed by atoms with E-state index in [2.05, 4.69) is 238 Å². The predicted molar refractivity (Wildman–Crippen MR) is 317 cm³/mol. The zero-order chi connectivity index (χ0) is 53.7. The zero-order valence-corrected chi connectivity index (χ0v) is 49.2. The molecule has 4 aromatic heterocycles. The number of para-hydroxylation sites is 2. The molecule has 0 N–H and O–H groups in total. The van der Waals surface area contributed by atoms with Crippen LogP contribution in [-0.4, -0.2) is 24.5 Å². The number of fused-ring (bicyclic) bond motifs is 4. The van der Waals surface area contributed by atoms with Crippen LogP contribution in [0.5, 0.6) is 0 Å². The van der Waals surface area contributed by atoms with E-state index in [1.54, 1.807) is 0 Å². The van der Waals surface area contributed by atoms with Gasteiger partial charge in [-0.05, 0) is 110 Å². The van der Waals surface area contributed by atoms with Gasteiger partial charge in [-0.3, -0.25) is 19.9 Å². The van der Waals surface area contributed by atoms with Gasteiger partial charge in [0, 0.05) is 66.3 Å². The molecule has 0 amide bonds. The van der Waals surface area contributed by atoms with E-state index in [4.69, 9.17) is 14.4 Å². The van der Waals surface area contributed by atoms with Gasteiger partial charge in [-0.25, -0.2) is 0 Å².